The number of ether oxygens (including phenoxy) is 1. The lowest BCUT2D eigenvalue weighted by Gasteiger charge is -2.33. The van der Waals surface area contributed by atoms with Gasteiger partial charge in [0.15, 0.2) is 0 Å². The number of carbonyl (C=O) groups is 3. The molecule has 1 unspecified atom stereocenters. The summed E-state index contributed by atoms with van der Waals surface area (Å²) in [5.41, 5.74) is 2.66. The molecule has 3 aliphatic rings. The van der Waals surface area contributed by atoms with Crippen molar-refractivity contribution in [3.05, 3.63) is 59.7 Å². The van der Waals surface area contributed by atoms with E-state index in [1.807, 2.05) is 31.2 Å². The Morgan fingerprint density at radius 1 is 1.00 bits per heavy atom. The minimum atomic E-state index is -1.02. The summed E-state index contributed by atoms with van der Waals surface area (Å²) in [5.74, 6) is -1.09. The third-order valence-corrected chi connectivity index (χ3v) is 8.32. The standard InChI is InChI=1S/C28H32N2O5/c1-2-27(25(32)33)15-16-30(18-27)24(31)28(13-7-8-14-28)29-26(34)35-17-23-21-11-5-3-9-19(21)20-10-4-6-12-22(20)23/h3-6,9-12,23H,2,7-8,13-18H2,1H3,(H,29,34)(H,32,33). The van der Waals surface area contributed by atoms with Crippen LogP contribution in [0.3, 0.4) is 0 Å². The van der Waals surface area contributed by atoms with Gasteiger partial charge < -0.3 is 20.1 Å². The minimum absolute atomic E-state index is 0.0531. The van der Waals surface area contributed by atoms with Gasteiger partial charge in [-0.25, -0.2) is 4.79 Å². The van der Waals surface area contributed by atoms with Crippen LogP contribution in [0.4, 0.5) is 4.79 Å². The van der Waals surface area contributed by atoms with Crippen molar-refractivity contribution in [1.82, 2.24) is 10.2 Å². The summed E-state index contributed by atoms with van der Waals surface area (Å²) in [7, 11) is 0. The van der Waals surface area contributed by atoms with E-state index in [4.69, 9.17) is 4.74 Å². The lowest BCUT2D eigenvalue weighted by molar-refractivity contribution is -0.149. The number of likely N-dealkylation sites (tertiary alicyclic amines) is 1. The third-order valence-electron chi connectivity index (χ3n) is 8.32. The average molecular weight is 477 g/mol. The SMILES string of the molecule is CCC1(C(=O)O)CCN(C(=O)C2(NC(=O)OCC3c4ccccc4-c4ccccc43)CCCC2)C1. The molecule has 1 saturated heterocycles. The number of aliphatic carboxylic acids is 1. The molecule has 0 spiro atoms. The van der Waals surface area contributed by atoms with Crippen molar-refractivity contribution in [2.24, 2.45) is 5.41 Å². The zero-order valence-electron chi connectivity index (χ0n) is 20.1. The highest BCUT2D eigenvalue weighted by molar-refractivity contribution is 5.91. The molecule has 2 amide bonds. The van der Waals surface area contributed by atoms with Gasteiger partial charge in [-0.3, -0.25) is 9.59 Å². The Hall–Kier alpha value is -3.35. The Labute approximate surface area is 205 Å². The number of hydrogen-bond donors (Lipinski definition) is 2. The van der Waals surface area contributed by atoms with Gasteiger partial charge in [0, 0.05) is 19.0 Å². The number of nitrogens with zero attached hydrogens (tertiary/aromatic N) is 1. The Kier molecular flexibility index (Phi) is 6.03. The molecule has 2 aromatic carbocycles. The van der Waals surface area contributed by atoms with Crippen LogP contribution in [0, 0.1) is 5.41 Å². The molecule has 2 aliphatic carbocycles. The van der Waals surface area contributed by atoms with Gasteiger partial charge in [0.2, 0.25) is 5.91 Å². The van der Waals surface area contributed by atoms with E-state index in [2.05, 4.69) is 29.6 Å². The molecule has 7 heteroatoms. The van der Waals surface area contributed by atoms with Crippen molar-refractivity contribution in [1.29, 1.82) is 0 Å². The van der Waals surface area contributed by atoms with E-state index in [1.165, 1.54) is 0 Å². The van der Waals surface area contributed by atoms with Crippen molar-refractivity contribution in [3.63, 3.8) is 0 Å². The molecular formula is C28H32N2O5. The average Bonchev–Trinajstić information content (AvgIpc) is 3.59. The van der Waals surface area contributed by atoms with Crippen LogP contribution >= 0.6 is 0 Å². The molecule has 1 saturated carbocycles. The maximum absolute atomic E-state index is 13.6. The largest absolute Gasteiger partial charge is 0.481 e. The van der Waals surface area contributed by atoms with Gasteiger partial charge in [0.05, 0.1) is 5.41 Å². The molecule has 5 rings (SSSR count). The number of benzene rings is 2. The minimum Gasteiger partial charge on any atom is -0.481 e. The molecule has 2 N–H and O–H groups in total. The van der Waals surface area contributed by atoms with E-state index in [9.17, 15) is 19.5 Å². The predicted octanol–water partition coefficient (Wildman–Crippen LogP) is 4.55. The van der Waals surface area contributed by atoms with Gasteiger partial charge in [-0.15, -0.1) is 0 Å². The first-order valence-corrected chi connectivity index (χ1v) is 12.6. The van der Waals surface area contributed by atoms with Gasteiger partial charge in [-0.05, 0) is 47.9 Å². The highest BCUT2D eigenvalue weighted by Crippen LogP contribution is 2.44. The molecule has 0 bridgehead atoms. The Balaban J connectivity index is 1.28. The molecule has 0 radical (unpaired) electrons. The number of alkyl carbamates (subject to hydrolysis) is 1. The van der Waals surface area contributed by atoms with E-state index >= 15 is 0 Å². The molecule has 0 aromatic heterocycles. The van der Waals surface area contributed by atoms with Gasteiger partial charge in [0.1, 0.15) is 12.1 Å². The summed E-state index contributed by atoms with van der Waals surface area (Å²) < 4.78 is 5.72. The first kappa shape index (κ1) is 23.4. The lowest BCUT2D eigenvalue weighted by Crippen LogP contribution is -2.58. The van der Waals surface area contributed by atoms with Crippen LogP contribution < -0.4 is 5.32 Å². The monoisotopic (exact) mass is 476 g/mol. The zero-order chi connectivity index (χ0) is 24.6. The van der Waals surface area contributed by atoms with Crippen LogP contribution in [0.25, 0.3) is 11.1 Å². The molecule has 1 aliphatic heterocycles. The molecule has 184 valence electrons. The van der Waals surface area contributed by atoms with Crippen LogP contribution in [-0.4, -0.2) is 53.2 Å². The van der Waals surface area contributed by atoms with Crippen LogP contribution in [0.5, 0.6) is 0 Å². The second-order valence-electron chi connectivity index (χ2n) is 10.2. The molecule has 35 heavy (non-hydrogen) atoms. The number of rotatable bonds is 6. The van der Waals surface area contributed by atoms with E-state index < -0.39 is 23.0 Å². The van der Waals surface area contributed by atoms with E-state index in [-0.39, 0.29) is 25.0 Å². The van der Waals surface area contributed by atoms with Crippen molar-refractivity contribution in [3.8, 4) is 11.1 Å². The molecule has 7 nitrogen and oxygen atoms in total. The zero-order valence-corrected chi connectivity index (χ0v) is 20.1. The molecule has 2 aromatic rings. The van der Waals surface area contributed by atoms with Gasteiger partial charge in [-0.1, -0.05) is 68.3 Å². The first-order chi connectivity index (χ1) is 16.9. The fraction of sp³-hybridized carbons (Fsp3) is 0.464. The topological polar surface area (TPSA) is 95.9 Å². The lowest BCUT2D eigenvalue weighted by atomic mass is 9.84. The van der Waals surface area contributed by atoms with Crippen LogP contribution in [0.2, 0.25) is 0 Å². The van der Waals surface area contributed by atoms with Crippen molar-refractivity contribution in [2.75, 3.05) is 19.7 Å². The van der Waals surface area contributed by atoms with Gasteiger partial charge >= 0.3 is 12.1 Å². The summed E-state index contributed by atoms with van der Waals surface area (Å²) in [4.78, 5) is 40.1. The van der Waals surface area contributed by atoms with Crippen LogP contribution in [0.15, 0.2) is 48.5 Å². The highest BCUT2D eigenvalue weighted by Gasteiger charge is 2.51. The van der Waals surface area contributed by atoms with Gasteiger partial charge in [-0.2, -0.15) is 0 Å². The summed E-state index contributed by atoms with van der Waals surface area (Å²) in [6.07, 6.45) is 3.06. The van der Waals surface area contributed by atoms with Crippen molar-refractivity contribution >= 4 is 18.0 Å². The molecule has 1 atom stereocenters. The van der Waals surface area contributed by atoms with Crippen molar-refractivity contribution < 1.29 is 24.2 Å². The van der Waals surface area contributed by atoms with Crippen molar-refractivity contribution in [2.45, 2.75) is 56.9 Å². The summed E-state index contributed by atoms with van der Waals surface area (Å²) in [6, 6.07) is 16.3. The first-order valence-electron chi connectivity index (χ1n) is 12.6. The number of nitrogens with one attached hydrogen (secondary N) is 1. The summed E-state index contributed by atoms with van der Waals surface area (Å²) in [5, 5.41) is 12.6. The summed E-state index contributed by atoms with van der Waals surface area (Å²) >= 11 is 0. The number of amides is 2. The third kappa shape index (κ3) is 3.97. The second-order valence-corrected chi connectivity index (χ2v) is 10.2. The van der Waals surface area contributed by atoms with Crippen LogP contribution in [0.1, 0.15) is 62.5 Å². The van der Waals surface area contributed by atoms with E-state index in [0.717, 1.165) is 35.1 Å². The Morgan fingerprint density at radius 3 is 2.14 bits per heavy atom. The number of carboxylic acids is 1. The quantitative estimate of drug-likeness (QED) is 0.638. The van der Waals surface area contributed by atoms with Crippen LogP contribution in [-0.2, 0) is 14.3 Å². The Morgan fingerprint density at radius 2 is 1.60 bits per heavy atom. The normalized spacial score (nSPS) is 22.5. The molecular weight excluding hydrogens is 444 g/mol. The highest BCUT2D eigenvalue weighted by atomic mass is 16.5. The fourth-order valence-corrected chi connectivity index (χ4v) is 6.16. The maximum atomic E-state index is 13.6. The van der Waals surface area contributed by atoms with E-state index in [0.29, 0.717) is 32.2 Å². The number of hydrogen-bond acceptors (Lipinski definition) is 4. The second kappa shape index (κ2) is 9.02. The maximum Gasteiger partial charge on any atom is 0.408 e. The van der Waals surface area contributed by atoms with E-state index in [1.54, 1.807) is 4.90 Å². The predicted molar refractivity (Wildman–Crippen MR) is 131 cm³/mol. The number of fused-ring (bicyclic) bond motifs is 3. The Bertz CT molecular complexity index is 1110. The smallest absolute Gasteiger partial charge is 0.408 e. The molecule has 2 fully saturated rings. The van der Waals surface area contributed by atoms with Gasteiger partial charge in [0.25, 0.3) is 0 Å². The number of carboxylic acid groups (broad SMARTS) is 1. The fourth-order valence-electron chi connectivity index (χ4n) is 6.16. The summed E-state index contributed by atoms with van der Waals surface area (Å²) in [6.45, 7) is 2.62. The number of carbonyl (C=O) groups excluding carboxylic acids is 2. The molecule has 1 heterocycles.